The van der Waals surface area contributed by atoms with E-state index in [1.54, 1.807) is 16.8 Å². The number of rotatable bonds is 4. The Labute approximate surface area is 202 Å². The molecule has 1 aromatic carbocycles. The van der Waals surface area contributed by atoms with Crippen LogP contribution >= 0.6 is 0 Å². The van der Waals surface area contributed by atoms with Gasteiger partial charge in [-0.15, -0.1) is 0 Å². The van der Waals surface area contributed by atoms with E-state index < -0.39 is 11.1 Å². The smallest absolute Gasteiger partial charge is 0.410 e. The molecule has 2 fully saturated rings. The number of likely N-dealkylation sites (tertiary alicyclic amines) is 1. The van der Waals surface area contributed by atoms with Crippen LogP contribution in [0, 0.1) is 5.92 Å². The molecule has 0 aromatic heterocycles. The number of piperidine rings is 1. The lowest BCUT2D eigenvalue weighted by atomic mass is 9.89. The van der Waals surface area contributed by atoms with Crippen molar-refractivity contribution in [3.63, 3.8) is 0 Å². The van der Waals surface area contributed by atoms with Gasteiger partial charge in [0.2, 0.25) is 5.91 Å². The van der Waals surface area contributed by atoms with Crippen molar-refractivity contribution in [1.82, 2.24) is 9.80 Å². The van der Waals surface area contributed by atoms with Gasteiger partial charge in [-0.2, -0.15) is 0 Å². The van der Waals surface area contributed by atoms with Crippen molar-refractivity contribution in [3.8, 4) is 0 Å². The van der Waals surface area contributed by atoms with Crippen LogP contribution in [0.2, 0.25) is 0 Å². The molecule has 2 heterocycles. The summed E-state index contributed by atoms with van der Waals surface area (Å²) >= 11 is 0. The molecule has 1 saturated heterocycles. The molecule has 4 rings (SSSR count). The molecule has 2 aliphatic heterocycles. The number of hydrogen-bond donors (Lipinski definition) is 1. The van der Waals surface area contributed by atoms with E-state index in [0.717, 1.165) is 44.5 Å². The molecule has 3 amide bonds. The van der Waals surface area contributed by atoms with Crippen molar-refractivity contribution < 1.29 is 19.1 Å². The van der Waals surface area contributed by atoms with Gasteiger partial charge in [0.1, 0.15) is 11.1 Å². The van der Waals surface area contributed by atoms with Gasteiger partial charge in [0.25, 0.3) is 5.91 Å². The average Bonchev–Trinajstić information content (AvgIpc) is 3.24. The normalized spacial score (nSPS) is 22.3. The van der Waals surface area contributed by atoms with Crippen molar-refractivity contribution in [3.05, 3.63) is 24.3 Å². The number of fused-ring (bicyclic) bond motifs is 1. The molecule has 1 aromatic rings. The number of ether oxygens (including phenoxy) is 1. The third-order valence-corrected chi connectivity index (χ3v) is 7.12. The van der Waals surface area contributed by atoms with Gasteiger partial charge in [0.15, 0.2) is 0 Å². The Morgan fingerprint density at radius 3 is 2.59 bits per heavy atom. The minimum absolute atomic E-state index is 0.0228. The highest BCUT2D eigenvalue weighted by atomic mass is 16.6. The first kappa shape index (κ1) is 24.5. The first-order valence-corrected chi connectivity index (χ1v) is 12.5. The molecule has 1 spiro atoms. The average molecular weight is 471 g/mol. The van der Waals surface area contributed by atoms with E-state index in [1.165, 1.54) is 0 Å². The number of carbonyl (C=O) groups excluding carboxylic acids is 3. The van der Waals surface area contributed by atoms with Crippen LogP contribution in [0.4, 0.5) is 16.2 Å². The molecule has 186 valence electrons. The lowest BCUT2D eigenvalue weighted by molar-refractivity contribution is -0.128. The number of nitrogens with zero attached hydrogens (tertiary/aromatic N) is 3. The van der Waals surface area contributed by atoms with Crippen LogP contribution in [0.15, 0.2) is 24.3 Å². The zero-order valence-electron chi connectivity index (χ0n) is 20.9. The van der Waals surface area contributed by atoms with E-state index in [9.17, 15) is 14.4 Å². The fourth-order valence-electron chi connectivity index (χ4n) is 5.64. The summed E-state index contributed by atoms with van der Waals surface area (Å²) in [7, 11) is 1.77. The summed E-state index contributed by atoms with van der Waals surface area (Å²) in [6, 6.07) is 7.59. The third kappa shape index (κ3) is 5.06. The second-order valence-corrected chi connectivity index (χ2v) is 11.0. The lowest BCUT2D eigenvalue weighted by Gasteiger charge is -2.45. The first-order valence-electron chi connectivity index (χ1n) is 12.5. The zero-order valence-corrected chi connectivity index (χ0v) is 20.9. The Morgan fingerprint density at radius 2 is 1.88 bits per heavy atom. The highest BCUT2D eigenvalue weighted by molar-refractivity contribution is 6.15. The monoisotopic (exact) mass is 470 g/mol. The van der Waals surface area contributed by atoms with Crippen molar-refractivity contribution in [2.24, 2.45) is 5.92 Å². The molecule has 1 atom stereocenters. The molecule has 8 heteroatoms. The van der Waals surface area contributed by atoms with E-state index >= 15 is 0 Å². The molecule has 8 nitrogen and oxygen atoms in total. The van der Waals surface area contributed by atoms with Crippen LogP contribution in [-0.2, 0) is 14.3 Å². The Balaban J connectivity index is 1.44. The maximum absolute atomic E-state index is 13.7. The predicted molar refractivity (Wildman–Crippen MR) is 132 cm³/mol. The van der Waals surface area contributed by atoms with Crippen LogP contribution in [0.25, 0.3) is 0 Å². The molecular weight excluding hydrogens is 432 g/mol. The second-order valence-electron chi connectivity index (χ2n) is 11.0. The van der Waals surface area contributed by atoms with Gasteiger partial charge in [-0.3, -0.25) is 19.4 Å². The number of para-hydroxylation sites is 2. The van der Waals surface area contributed by atoms with Crippen LogP contribution in [0.5, 0.6) is 0 Å². The minimum Gasteiger partial charge on any atom is -0.444 e. The van der Waals surface area contributed by atoms with Crippen molar-refractivity contribution in [1.29, 1.82) is 0 Å². The summed E-state index contributed by atoms with van der Waals surface area (Å²) in [5.41, 5.74) is 0.197. The molecule has 34 heavy (non-hydrogen) atoms. The van der Waals surface area contributed by atoms with Gasteiger partial charge in [-0.05, 0) is 71.0 Å². The Bertz CT molecular complexity index is 935. The van der Waals surface area contributed by atoms with E-state index in [-0.39, 0.29) is 30.4 Å². The summed E-state index contributed by atoms with van der Waals surface area (Å²) in [6.45, 7) is 8.05. The van der Waals surface area contributed by atoms with Gasteiger partial charge >= 0.3 is 6.09 Å². The molecule has 0 radical (unpaired) electrons. The minimum atomic E-state index is -0.780. The maximum Gasteiger partial charge on any atom is 0.410 e. The van der Waals surface area contributed by atoms with Crippen molar-refractivity contribution in [2.75, 3.05) is 43.4 Å². The van der Waals surface area contributed by atoms with Gasteiger partial charge in [0, 0.05) is 20.1 Å². The van der Waals surface area contributed by atoms with E-state index in [4.69, 9.17) is 4.74 Å². The topological polar surface area (TPSA) is 82.2 Å². The van der Waals surface area contributed by atoms with Crippen LogP contribution in [0.3, 0.4) is 0 Å². The van der Waals surface area contributed by atoms with Crippen molar-refractivity contribution in [2.45, 2.75) is 70.4 Å². The summed E-state index contributed by atoms with van der Waals surface area (Å²) in [5.74, 6) is 0.189. The molecule has 1 unspecified atom stereocenters. The van der Waals surface area contributed by atoms with Crippen LogP contribution < -0.4 is 10.2 Å². The number of anilines is 2. The standard InChI is InChI=1S/C26H38N4O4/c1-25(2,3)34-24(33)28(4)16-19-10-9-15-29(17-19)18-22(31)30-21-12-6-5-11-20(21)27-23(32)26(30)13-7-8-14-26/h5-6,11-12,19H,7-10,13-18H2,1-4H3,(H,27,32). The second kappa shape index (κ2) is 9.56. The fourth-order valence-corrected chi connectivity index (χ4v) is 5.64. The number of hydrogen-bond acceptors (Lipinski definition) is 5. The Hall–Kier alpha value is -2.61. The molecular formula is C26H38N4O4. The van der Waals surface area contributed by atoms with E-state index in [1.807, 2.05) is 45.0 Å². The Morgan fingerprint density at radius 1 is 1.18 bits per heavy atom. The molecule has 0 bridgehead atoms. The third-order valence-electron chi connectivity index (χ3n) is 7.12. The summed E-state index contributed by atoms with van der Waals surface area (Å²) in [5, 5.41) is 3.04. The SMILES string of the molecule is CN(CC1CCCN(CC(=O)N2c3ccccc3NC(=O)C23CCCC3)C1)C(=O)OC(C)(C)C. The molecule has 1 aliphatic carbocycles. The van der Waals surface area contributed by atoms with Gasteiger partial charge in [-0.25, -0.2) is 4.79 Å². The number of carbonyl (C=O) groups is 3. The van der Waals surface area contributed by atoms with Gasteiger partial charge in [-0.1, -0.05) is 25.0 Å². The largest absolute Gasteiger partial charge is 0.444 e. The highest BCUT2D eigenvalue weighted by Crippen LogP contribution is 2.45. The van der Waals surface area contributed by atoms with E-state index in [2.05, 4.69) is 10.2 Å². The molecule has 1 saturated carbocycles. The zero-order chi connectivity index (χ0) is 24.5. The quantitative estimate of drug-likeness (QED) is 0.723. The van der Waals surface area contributed by atoms with Crippen LogP contribution in [0.1, 0.15) is 59.3 Å². The van der Waals surface area contributed by atoms with Crippen molar-refractivity contribution >= 4 is 29.3 Å². The number of nitrogens with one attached hydrogen (secondary N) is 1. The summed E-state index contributed by atoms with van der Waals surface area (Å²) in [4.78, 5) is 44.9. The van der Waals surface area contributed by atoms with E-state index in [0.29, 0.717) is 25.1 Å². The summed E-state index contributed by atoms with van der Waals surface area (Å²) < 4.78 is 5.48. The molecule has 3 aliphatic rings. The van der Waals surface area contributed by atoms with Gasteiger partial charge in [0.05, 0.1) is 17.9 Å². The lowest BCUT2D eigenvalue weighted by Crippen LogP contribution is -2.62. The first-order chi connectivity index (χ1) is 16.1. The summed E-state index contributed by atoms with van der Waals surface area (Å²) in [6.07, 6.45) is 4.95. The molecule has 1 N–H and O–H groups in total. The Kier molecular flexibility index (Phi) is 6.90. The number of amides is 3. The maximum atomic E-state index is 13.7. The fraction of sp³-hybridized carbons (Fsp3) is 0.654. The predicted octanol–water partition coefficient (Wildman–Crippen LogP) is 3.86. The van der Waals surface area contributed by atoms with Crippen LogP contribution in [-0.4, -0.2) is 72.1 Å². The highest BCUT2D eigenvalue weighted by Gasteiger charge is 2.52. The van der Waals surface area contributed by atoms with Gasteiger partial charge < -0.3 is 15.0 Å². The number of benzene rings is 1.